The van der Waals surface area contributed by atoms with Gasteiger partial charge in [-0.15, -0.1) is 0 Å². The topological polar surface area (TPSA) is 58.4 Å². The van der Waals surface area contributed by atoms with Crippen LogP contribution in [0.25, 0.3) is 0 Å². The Morgan fingerprint density at radius 3 is 2.70 bits per heavy atom. The first-order valence-corrected chi connectivity index (χ1v) is 7.67. The van der Waals surface area contributed by atoms with E-state index < -0.39 is 5.97 Å². The fourth-order valence-corrected chi connectivity index (χ4v) is 3.08. The highest BCUT2D eigenvalue weighted by Crippen LogP contribution is 2.33. The highest BCUT2D eigenvalue weighted by molar-refractivity contribution is 5.66. The highest BCUT2D eigenvalue weighted by Gasteiger charge is 2.27. The average molecular weight is 277 g/mol. The van der Waals surface area contributed by atoms with E-state index in [4.69, 9.17) is 5.11 Å². The van der Waals surface area contributed by atoms with E-state index in [-0.39, 0.29) is 6.42 Å². The van der Waals surface area contributed by atoms with Gasteiger partial charge in [0.2, 0.25) is 0 Å². The summed E-state index contributed by atoms with van der Waals surface area (Å²) in [6.07, 6.45) is 9.22. The quantitative estimate of drug-likeness (QED) is 0.863. The normalized spacial score (nSPS) is 21.2. The zero-order valence-electron chi connectivity index (χ0n) is 11.9. The molecule has 0 amide bonds. The molecule has 2 heterocycles. The average Bonchev–Trinajstić information content (AvgIpc) is 3.13. The summed E-state index contributed by atoms with van der Waals surface area (Å²) in [6, 6.07) is 0. The van der Waals surface area contributed by atoms with E-state index in [0.717, 1.165) is 38.4 Å². The molecule has 5 heteroatoms. The van der Waals surface area contributed by atoms with Gasteiger partial charge >= 0.3 is 5.97 Å². The zero-order chi connectivity index (χ0) is 13.9. The molecule has 0 atom stereocenters. The molecular weight excluding hydrogens is 254 g/mol. The first kappa shape index (κ1) is 13.6. The number of carboxylic acids is 1. The zero-order valence-corrected chi connectivity index (χ0v) is 11.9. The minimum atomic E-state index is -0.702. The second kappa shape index (κ2) is 5.95. The van der Waals surface area contributed by atoms with Crippen molar-refractivity contribution in [1.82, 2.24) is 14.5 Å². The number of likely N-dealkylation sites (tertiary alicyclic amines) is 1. The molecule has 0 unspecified atom stereocenters. The molecule has 110 valence electrons. The Morgan fingerprint density at radius 2 is 2.05 bits per heavy atom. The Balaban J connectivity index is 1.52. The number of nitrogens with zero attached hydrogens (tertiary/aromatic N) is 3. The predicted octanol–water partition coefficient (Wildman–Crippen LogP) is 1.95. The SMILES string of the molecule is O=C(O)CCN1CCC(c2nccn2CC2CC2)CC1. The van der Waals surface area contributed by atoms with Crippen LogP contribution in [0.1, 0.15) is 43.8 Å². The van der Waals surface area contributed by atoms with E-state index in [1.165, 1.54) is 18.7 Å². The molecule has 1 aromatic rings. The van der Waals surface area contributed by atoms with E-state index in [0.29, 0.717) is 12.5 Å². The van der Waals surface area contributed by atoms with E-state index in [9.17, 15) is 4.79 Å². The number of rotatable bonds is 6. The molecule has 5 nitrogen and oxygen atoms in total. The lowest BCUT2D eigenvalue weighted by molar-refractivity contribution is -0.137. The van der Waals surface area contributed by atoms with Gasteiger partial charge in [-0.1, -0.05) is 0 Å². The standard InChI is InChI=1S/C15H23N3O2/c19-14(20)5-9-17-7-3-13(4-8-17)15-16-6-10-18(15)11-12-1-2-12/h6,10,12-13H,1-5,7-9,11H2,(H,19,20). The third-order valence-corrected chi connectivity index (χ3v) is 4.49. The van der Waals surface area contributed by atoms with Crippen molar-refractivity contribution in [2.45, 2.75) is 44.6 Å². The van der Waals surface area contributed by atoms with Gasteiger partial charge in [0.25, 0.3) is 0 Å². The summed E-state index contributed by atoms with van der Waals surface area (Å²) in [5, 5.41) is 8.73. The van der Waals surface area contributed by atoms with Crippen molar-refractivity contribution in [1.29, 1.82) is 0 Å². The van der Waals surface area contributed by atoms with E-state index in [2.05, 4.69) is 20.6 Å². The van der Waals surface area contributed by atoms with Crippen LogP contribution in [0, 0.1) is 5.92 Å². The van der Waals surface area contributed by atoms with Crippen molar-refractivity contribution < 1.29 is 9.90 Å². The molecule has 0 bridgehead atoms. The lowest BCUT2D eigenvalue weighted by Crippen LogP contribution is -2.35. The van der Waals surface area contributed by atoms with Gasteiger partial charge in [-0.25, -0.2) is 4.98 Å². The molecule has 0 aromatic carbocycles. The van der Waals surface area contributed by atoms with Crippen LogP contribution in [0.3, 0.4) is 0 Å². The Labute approximate surface area is 119 Å². The minimum Gasteiger partial charge on any atom is -0.481 e. The maximum Gasteiger partial charge on any atom is 0.304 e. The Bertz CT molecular complexity index is 459. The van der Waals surface area contributed by atoms with Gasteiger partial charge in [-0.05, 0) is 44.7 Å². The van der Waals surface area contributed by atoms with E-state index in [1.54, 1.807) is 0 Å². The minimum absolute atomic E-state index is 0.251. The van der Waals surface area contributed by atoms with Gasteiger partial charge in [-0.3, -0.25) is 4.79 Å². The number of aliphatic carboxylic acids is 1. The Morgan fingerprint density at radius 1 is 1.30 bits per heavy atom. The molecule has 1 aliphatic carbocycles. The number of piperidine rings is 1. The molecule has 1 saturated carbocycles. The Hall–Kier alpha value is -1.36. The van der Waals surface area contributed by atoms with Gasteiger partial charge < -0.3 is 14.6 Å². The maximum atomic E-state index is 10.6. The summed E-state index contributed by atoms with van der Waals surface area (Å²) in [5.41, 5.74) is 0. The summed E-state index contributed by atoms with van der Waals surface area (Å²) in [4.78, 5) is 17.4. The molecule has 1 saturated heterocycles. The van der Waals surface area contributed by atoms with Crippen LogP contribution in [-0.4, -0.2) is 45.2 Å². The summed E-state index contributed by atoms with van der Waals surface area (Å²) in [7, 11) is 0. The predicted molar refractivity (Wildman–Crippen MR) is 75.6 cm³/mol. The first-order valence-electron chi connectivity index (χ1n) is 7.67. The van der Waals surface area contributed by atoms with Crippen molar-refractivity contribution >= 4 is 5.97 Å². The van der Waals surface area contributed by atoms with Crippen molar-refractivity contribution in [2.24, 2.45) is 5.92 Å². The monoisotopic (exact) mass is 277 g/mol. The number of hydrogen-bond acceptors (Lipinski definition) is 3. The molecule has 2 fully saturated rings. The van der Waals surface area contributed by atoms with Crippen molar-refractivity contribution in [3.8, 4) is 0 Å². The third-order valence-electron chi connectivity index (χ3n) is 4.49. The largest absolute Gasteiger partial charge is 0.481 e. The lowest BCUT2D eigenvalue weighted by atomic mass is 9.95. The van der Waals surface area contributed by atoms with Gasteiger partial charge in [0.1, 0.15) is 5.82 Å². The number of carboxylic acid groups (broad SMARTS) is 1. The van der Waals surface area contributed by atoms with Crippen molar-refractivity contribution in [3.05, 3.63) is 18.2 Å². The van der Waals surface area contributed by atoms with E-state index in [1.807, 2.05) is 6.20 Å². The molecule has 1 aromatic heterocycles. The maximum absolute atomic E-state index is 10.6. The molecule has 1 N–H and O–H groups in total. The number of aromatic nitrogens is 2. The van der Waals surface area contributed by atoms with Gasteiger partial charge in [0, 0.05) is 31.4 Å². The fourth-order valence-electron chi connectivity index (χ4n) is 3.08. The lowest BCUT2D eigenvalue weighted by Gasteiger charge is -2.31. The summed E-state index contributed by atoms with van der Waals surface area (Å²) >= 11 is 0. The highest BCUT2D eigenvalue weighted by atomic mass is 16.4. The van der Waals surface area contributed by atoms with Crippen molar-refractivity contribution in [3.63, 3.8) is 0 Å². The number of hydrogen-bond donors (Lipinski definition) is 1. The smallest absolute Gasteiger partial charge is 0.304 e. The first-order chi connectivity index (χ1) is 9.72. The number of carbonyl (C=O) groups is 1. The molecule has 20 heavy (non-hydrogen) atoms. The van der Waals surface area contributed by atoms with Crippen LogP contribution in [0.4, 0.5) is 0 Å². The summed E-state index contributed by atoms with van der Waals surface area (Å²) < 4.78 is 2.34. The van der Waals surface area contributed by atoms with Crippen LogP contribution < -0.4 is 0 Å². The van der Waals surface area contributed by atoms with Crippen LogP contribution in [-0.2, 0) is 11.3 Å². The van der Waals surface area contributed by atoms with Gasteiger partial charge in [-0.2, -0.15) is 0 Å². The van der Waals surface area contributed by atoms with E-state index >= 15 is 0 Å². The summed E-state index contributed by atoms with van der Waals surface area (Å²) in [5.74, 6) is 1.96. The summed E-state index contributed by atoms with van der Waals surface area (Å²) in [6.45, 7) is 3.80. The molecule has 0 radical (unpaired) electrons. The Kier molecular flexibility index (Phi) is 4.05. The van der Waals surface area contributed by atoms with Crippen LogP contribution in [0.5, 0.6) is 0 Å². The van der Waals surface area contributed by atoms with Crippen molar-refractivity contribution in [2.75, 3.05) is 19.6 Å². The third kappa shape index (κ3) is 3.39. The molecule has 0 spiro atoms. The van der Waals surface area contributed by atoms with Gasteiger partial charge in [0.15, 0.2) is 0 Å². The molecule has 3 rings (SSSR count). The fraction of sp³-hybridized carbons (Fsp3) is 0.733. The van der Waals surface area contributed by atoms with Crippen LogP contribution in [0.15, 0.2) is 12.4 Å². The second-order valence-electron chi connectivity index (χ2n) is 6.14. The number of imidazole rings is 1. The second-order valence-corrected chi connectivity index (χ2v) is 6.14. The van der Waals surface area contributed by atoms with Crippen LogP contribution in [0.2, 0.25) is 0 Å². The molecular formula is C15H23N3O2. The molecule has 2 aliphatic rings. The molecule has 1 aliphatic heterocycles. The van der Waals surface area contributed by atoms with Crippen LogP contribution >= 0.6 is 0 Å². The van der Waals surface area contributed by atoms with Gasteiger partial charge in [0.05, 0.1) is 6.42 Å².